The van der Waals surface area contributed by atoms with Crippen molar-refractivity contribution in [3.63, 3.8) is 0 Å². The zero-order chi connectivity index (χ0) is 16.1. The number of hydrogen-bond donors (Lipinski definition) is 0. The second-order valence-corrected chi connectivity index (χ2v) is 7.52. The Kier molecular flexibility index (Phi) is 13.1. The Morgan fingerprint density at radius 3 is 1.65 bits per heavy atom. The molecule has 4 rings (SSSR count). The van der Waals surface area contributed by atoms with Gasteiger partial charge in [-0.3, -0.25) is 0 Å². The summed E-state index contributed by atoms with van der Waals surface area (Å²) in [5, 5.41) is 5.22. The molecule has 2 aliphatic carbocycles. The van der Waals surface area contributed by atoms with Gasteiger partial charge in [0.05, 0.1) is 0 Å². The average Bonchev–Trinajstić information content (AvgIpc) is 2.91. The third-order valence-corrected chi connectivity index (χ3v) is 4.74. The number of nitrogens with zero attached hydrogens (tertiary/aromatic N) is 1. The summed E-state index contributed by atoms with van der Waals surface area (Å²) >= 11 is 0. The van der Waals surface area contributed by atoms with Crippen molar-refractivity contribution in [2.24, 2.45) is 0 Å². The molecule has 0 bridgehead atoms. The number of fused-ring (bicyclic) bond motifs is 3. The molecule has 137 valence electrons. The molecule has 0 saturated heterocycles. The summed E-state index contributed by atoms with van der Waals surface area (Å²) in [5.74, 6) is 0. The molecule has 1 fully saturated rings. The minimum atomic E-state index is 0. The Morgan fingerprint density at radius 1 is 0.769 bits per heavy atom. The number of halogens is 2. The monoisotopic (exact) mass is 438 g/mol. The summed E-state index contributed by atoms with van der Waals surface area (Å²) in [5.41, 5.74) is 5.57. The number of rotatable bonds is 2. The van der Waals surface area contributed by atoms with Crippen LogP contribution in [0.2, 0.25) is 13.1 Å². The topological polar surface area (TPSA) is 14.1 Å². The van der Waals surface area contributed by atoms with E-state index in [1.807, 2.05) is 0 Å². The normalized spacial score (nSPS) is 15.2. The Morgan fingerprint density at radius 2 is 1.19 bits per heavy atom. The van der Waals surface area contributed by atoms with Crippen LogP contribution in [0.5, 0.6) is 0 Å². The molecule has 0 aliphatic heterocycles. The molecular weight excluding hydrogens is 413 g/mol. The van der Waals surface area contributed by atoms with Gasteiger partial charge in [-0.25, -0.2) is 0 Å². The molecule has 1 saturated carbocycles. The van der Waals surface area contributed by atoms with Gasteiger partial charge in [0.25, 0.3) is 0 Å². The Balaban J connectivity index is 0.000000980. The van der Waals surface area contributed by atoms with Gasteiger partial charge in [-0.05, 0) is 11.1 Å². The van der Waals surface area contributed by atoms with Crippen molar-refractivity contribution in [1.29, 1.82) is 0 Å². The molecule has 0 aromatic heterocycles. The van der Waals surface area contributed by atoms with Gasteiger partial charge in [-0.1, -0.05) is 111 Å². The molecule has 2 aromatic rings. The summed E-state index contributed by atoms with van der Waals surface area (Å²) in [6, 6.07) is 18.4. The van der Waals surface area contributed by atoms with Crippen molar-refractivity contribution in [3.05, 3.63) is 65.0 Å². The van der Waals surface area contributed by atoms with Gasteiger partial charge in [0, 0.05) is 9.52 Å². The predicted octanol–water partition coefficient (Wildman–Crippen LogP) is 0.255. The standard InChI is InChI=1S/C19H20N.C2H6Si.2ClH.Ti/c1-2-8-14(9-3-1)20-19-17-12-6-4-10-15(17)16-11-5-7-13-18(16)19;1-3-2;;;/h4-7,10-14,19H,1-3,8-9H2;1-2H3;2*1H;/q-1;;;;+3/p-2. The predicted molar refractivity (Wildman–Crippen MR) is 101 cm³/mol. The zero-order valence-electron chi connectivity index (χ0n) is 15.5. The van der Waals surface area contributed by atoms with E-state index in [4.69, 9.17) is 5.32 Å². The van der Waals surface area contributed by atoms with Crippen molar-refractivity contribution >= 4 is 9.52 Å². The van der Waals surface area contributed by atoms with Crippen LogP contribution >= 0.6 is 0 Å². The fraction of sp³-hybridized carbons (Fsp3) is 0.429. The van der Waals surface area contributed by atoms with Gasteiger partial charge in [0.15, 0.2) is 0 Å². The second-order valence-electron chi connectivity index (χ2n) is 6.52. The van der Waals surface area contributed by atoms with E-state index in [1.165, 1.54) is 54.4 Å². The fourth-order valence-electron chi connectivity index (χ4n) is 3.73. The van der Waals surface area contributed by atoms with Crippen molar-refractivity contribution in [2.45, 2.75) is 57.3 Å². The van der Waals surface area contributed by atoms with Crippen LogP contribution in [0.15, 0.2) is 48.5 Å². The molecule has 0 amide bonds. The van der Waals surface area contributed by atoms with Gasteiger partial charge in [0.2, 0.25) is 0 Å². The van der Waals surface area contributed by atoms with Gasteiger partial charge in [-0.15, -0.1) is 6.04 Å². The van der Waals surface area contributed by atoms with Crippen LogP contribution in [0.25, 0.3) is 16.4 Å². The Bertz CT molecular complexity index is 602. The summed E-state index contributed by atoms with van der Waals surface area (Å²) in [6.45, 7) is 4.31. The van der Waals surface area contributed by atoms with Gasteiger partial charge in [-0.2, -0.15) is 0 Å². The first kappa shape index (κ1) is 25.9. The molecule has 0 heterocycles. The molecule has 5 heteroatoms. The zero-order valence-corrected chi connectivity index (χ0v) is 19.6. The van der Waals surface area contributed by atoms with Crippen molar-refractivity contribution in [3.8, 4) is 11.1 Å². The van der Waals surface area contributed by atoms with Crippen LogP contribution in [0.4, 0.5) is 0 Å². The van der Waals surface area contributed by atoms with E-state index >= 15 is 0 Å². The van der Waals surface area contributed by atoms with Crippen LogP contribution in [0.3, 0.4) is 0 Å². The molecule has 0 spiro atoms. The largest absolute Gasteiger partial charge is 3.00 e. The summed E-state index contributed by atoms with van der Waals surface area (Å²) < 4.78 is 0. The van der Waals surface area contributed by atoms with Gasteiger partial charge in [0.1, 0.15) is 0 Å². The smallest absolute Gasteiger partial charge is 1.00 e. The van der Waals surface area contributed by atoms with Gasteiger partial charge < -0.3 is 30.1 Å². The average molecular weight is 439 g/mol. The summed E-state index contributed by atoms with van der Waals surface area (Å²) in [4.78, 5) is 0. The van der Waals surface area contributed by atoms with Crippen LogP contribution in [0.1, 0.15) is 49.3 Å². The van der Waals surface area contributed by atoms with E-state index in [9.17, 15) is 0 Å². The molecule has 0 unspecified atom stereocenters. The van der Waals surface area contributed by atoms with Crippen molar-refractivity contribution in [2.75, 3.05) is 0 Å². The van der Waals surface area contributed by atoms with Gasteiger partial charge >= 0.3 is 21.7 Å². The molecule has 2 aromatic carbocycles. The van der Waals surface area contributed by atoms with Crippen LogP contribution in [0, 0.1) is 0 Å². The van der Waals surface area contributed by atoms with E-state index in [-0.39, 0.29) is 52.6 Å². The molecule has 0 atom stereocenters. The maximum atomic E-state index is 5.22. The first-order chi connectivity index (χ1) is 11.3. The first-order valence-electron chi connectivity index (χ1n) is 8.81. The SMILES string of the molecule is C[Si]C.[Cl-].[Cl-].[Ti+3].c1ccc2c(c1)-c1ccccc1C2[N-]C1CCCCC1. The number of benzene rings is 2. The minimum absolute atomic E-state index is 0. The van der Waals surface area contributed by atoms with E-state index in [2.05, 4.69) is 61.6 Å². The number of hydrogen-bond acceptors (Lipinski definition) is 0. The van der Waals surface area contributed by atoms with E-state index in [1.54, 1.807) is 0 Å². The van der Waals surface area contributed by atoms with E-state index in [0.29, 0.717) is 6.04 Å². The minimum Gasteiger partial charge on any atom is -1.00 e. The van der Waals surface area contributed by atoms with Crippen molar-refractivity contribution < 1.29 is 46.5 Å². The summed E-state index contributed by atoms with van der Waals surface area (Å²) in [7, 11) is 1.08. The second kappa shape index (κ2) is 13.1. The first-order valence-corrected chi connectivity index (χ1v) is 10.8. The molecule has 26 heavy (non-hydrogen) atoms. The quantitative estimate of drug-likeness (QED) is 0.597. The molecule has 1 nitrogen and oxygen atoms in total. The van der Waals surface area contributed by atoms with Crippen LogP contribution in [-0.4, -0.2) is 15.6 Å². The molecule has 0 N–H and O–H groups in total. The van der Waals surface area contributed by atoms with Crippen LogP contribution in [-0.2, 0) is 21.7 Å². The fourth-order valence-corrected chi connectivity index (χ4v) is 3.73. The summed E-state index contributed by atoms with van der Waals surface area (Å²) in [6.07, 6.45) is 6.65. The van der Waals surface area contributed by atoms with E-state index < -0.39 is 0 Å². The Hall–Kier alpha value is -0.0888. The maximum absolute atomic E-state index is 5.22. The molecular formula is C21H26Cl2NSiTi. The maximum Gasteiger partial charge on any atom is 3.00 e. The van der Waals surface area contributed by atoms with E-state index in [0.717, 1.165) is 9.52 Å². The molecule has 2 aliphatic rings. The molecule has 3 radical (unpaired) electrons. The third-order valence-electron chi connectivity index (χ3n) is 4.74. The van der Waals surface area contributed by atoms with Crippen molar-refractivity contribution in [1.82, 2.24) is 0 Å². The third kappa shape index (κ3) is 5.95. The Labute approximate surface area is 188 Å². The van der Waals surface area contributed by atoms with Crippen LogP contribution < -0.4 is 24.8 Å².